The van der Waals surface area contributed by atoms with Gasteiger partial charge in [-0.2, -0.15) is 5.10 Å². The van der Waals surface area contributed by atoms with E-state index in [4.69, 9.17) is 4.98 Å². The summed E-state index contributed by atoms with van der Waals surface area (Å²) in [5, 5.41) is 8.30. The molecule has 1 atom stereocenters. The fraction of sp³-hybridized carbons (Fsp3) is 0.226. The van der Waals surface area contributed by atoms with Crippen LogP contribution in [0.2, 0.25) is 0 Å². The zero-order valence-corrected chi connectivity index (χ0v) is 23.9. The molecule has 11 heteroatoms. The summed E-state index contributed by atoms with van der Waals surface area (Å²) in [6.45, 7) is 1.92. The van der Waals surface area contributed by atoms with Crippen LogP contribution in [0.4, 0.5) is 0 Å². The standard InChI is InChI=1S/C31H33N7O4/c1-20(25-17-27(22-18-32-38(4)19-22)34-26-12-8-7-11-24(25)26)33-31(42)23-10-6-5-9-21(23)13-14-28(39)35-36-29(40)15-16-30(41)37(2)3/h5-12,15-20H,13-14H2,1-4H3,(H,33,42)(H,35,39)(H,36,40)/b16-15+/t20-/m1/s1. The van der Waals surface area contributed by atoms with E-state index in [0.29, 0.717) is 11.1 Å². The highest BCUT2D eigenvalue weighted by molar-refractivity contribution is 5.98. The molecule has 2 aromatic carbocycles. The van der Waals surface area contributed by atoms with Crippen molar-refractivity contribution in [2.45, 2.75) is 25.8 Å². The third kappa shape index (κ3) is 7.45. The minimum absolute atomic E-state index is 0.0317. The van der Waals surface area contributed by atoms with Gasteiger partial charge in [0.05, 0.1) is 23.4 Å². The normalized spacial score (nSPS) is 11.7. The zero-order valence-electron chi connectivity index (χ0n) is 23.9. The fourth-order valence-corrected chi connectivity index (χ4v) is 4.35. The highest BCUT2D eigenvalue weighted by Crippen LogP contribution is 2.29. The number of fused-ring (bicyclic) bond motifs is 1. The van der Waals surface area contributed by atoms with Crippen LogP contribution in [0.5, 0.6) is 0 Å². The van der Waals surface area contributed by atoms with Crippen LogP contribution < -0.4 is 16.2 Å². The molecule has 42 heavy (non-hydrogen) atoms. The van der Waals surface area contributed by atoms with E-state index in [2.05, 4.69) is 21.3 Å². The fourth-order valence-electron chi connectivity index (χ4n) is 4.35. The van der Waals surface area contributed by atoms with Crippen molar-refractivity contribution in [1.29, 1.82) is 0 Å². The Labute approximate surface area is 243 Å². The van der Waals surface area contributed by atoms with E-state index >= 15 is 0 Å². The molecule has 4 aromatic rings. The van der Waals surface area contributed by atoms with E-state index in [9.17, 15) is 19.2 Å². The molecule has 4 amide bonds. The van der Waals surface area contributed by atoms with Crippen molar-refractivity contribution in [3.05, 3.63) is 95.8 Å². The predicted octanol–water partition coefficient (Wildman–Crippen LogP) is 2.85. The molecule has 11 nitrogen and oxygen atoms in total. The van der Waals surface area contributed by atoms with Crippen LogP contribution in [0.25, 0.3) is 22.2 Å². The van der Waals surface area contributed by atoms with Gasteiger partial charge in [0.2, 0.25) is 11.8 Å². The highest BCUT2D eigenvalue weighted by atomic mass is 16.2. The van der Waals surface area contributed by atoms with Crippen molar-refractivity contribution in [1.82, 2.24) is 35.8 Å². The molecule has 2 heterocycles. The van der Waals surface area contributed by atoms with Gasteiger partial charge in [-0.1, -0.05) is 36.4 Å². The second-order valence-electron chi connectivity index (χ2n) is 9.97. The Kier molecular flexibility index (Phi) is 9.43. The number of nitrogens with zero attached hydrogens (tertiary/aromatic N) is 4. The van der Waals surface area contributed by atoms with Crippen LogP contribution in [0, 0.1) is 0 Å². The lowest BCUT2D eigenvalue weighted by molar-refractivity contribution is -0.126. The van der Waals surface area contributed by atoms with Gasteiger partial charge in [-0.25, -0.2) is 4.98 Å². The largest absolute Gasteiger partial charge is 0.345 e. The summed E-state index contributed by atoms with van der Waals surface area (Å²) in [5.74, 6) is -1.70. The molecule has 4 rings (SSSR count). The zero-order chi connectivity index (χ0) is 30.2. The Morgan fingerprint density at radius 1 is 1.00 bits per heavy atom. The molecule has 0 saturated carbocycles. The minimum atomic E-state index is -0.636. The number of hydrogen-bond donors (Lipinski definition) is 3. The minimum Gasteiger partial charge on any atom is -0.345 e. The van der Waals surface area contributed by atoms with Crippen LogP contribution in [-0.2, 0) is 27.9 Å². The van der Waals surface area contributed by atoms with Gasteiger partial charge < -0.3 is 10.2 Å². The molecule has 2 aromatic heterocycles. The first kappa shape index (κ1) is 29.7. The average Bonchev–Trinajstić information content (AvgIpc) is 3.43. The van der Waals surface area contributed by atoms with Gasteiger partial charge in [-0.3, -0.25) is 34.7 Å². The Morgan fingerprint density at radius 2 is 1.74 bits per heavy atom. The maximum atomic E-state index is 13.4. The molecule has 0 aliphatic carbocycles. The molecule has 0 unspecified atom stereocenters. The van der Waals surface area contributed by atoms with E-state index in [1.54, 1.807) is 49.2 Å². The molecule has 0 saturated heterocycles. The number of likely N-dealkylation sites (N-methyl/N-ethyl adjacent to an activating group) is 1. The number of pyridine rings is 1. The lowest BCUT2D eigenvalue weighted by Crippen LogP contribution is -2.41. The summed E-state index contributed by atoms with van der Waals surface area (Å²) in [6.07, 6.45) is 6.10. The average molecular weight is 568 g/mol. The smallest absolute Gasteiger partial charge is 0.262 e. The number of aromatic nitrogens is 3. The number of aryl methyl sites for hydroxylation is 2. The van der Waals surface area contributed by atoms with Crippen molar-refractivity contribution in [3.8, 4) is 11.3 Å². The van der Waals surface area contributed by atoms with E-state index in [-0.39, 0.29) is 30.7 Å². The van der Waals surface area contributed by atoms with Gasteiger partial charge in [0.25, 0.3) is 11.8 Å². The number of carbonyl (C=O) groups is 4. The number of hydrogen-bond acceptors (Lipinski definition) is 6. The predicted molar refractivity (Wildman–Crippen MR) is 159 cm³/mol. The quantitative estimate of drug-likeness (QED) is 0.210. The lowest BCUT2D eigenvalue weighted by Gasteiger charge is -2.19. The molecule has 0 bridgehead atoms. The number of benzene rings is 2. The number of para-hydroxylation sites is 1. The van der Waals surface area contributed by atoms with Gasteiger partial charge in [0, 0.05) is 62.4 Å². The third-order valence-electron chi connectivity index (χ3n) is 6.59. The summed E-state index contributed by atoms with van der Waals surface area (Å²) < 4.78 is 1.72. The van der Waals surface area contributed by atoms with E-state index in [1.165, 1.54) is 4.90 Å². The van der Waals surface area contributed by atoms with Crippen molar-refractivity contribution < 1.29 is 19.2 Å². The second kappa shape index (κ2) is 13.4. The van der Waals surface area contributed by atoms with Gasteiger partial charge >= 0.3 is 0 Å². The van der Waals surface area contributed by atoms with Gasteiger partial charge in [-0.15, -0.1) is 0 Å². The monoisotopic (exact) mass is 567 g/mol. The number of hydrazine groups is 1. The molecular weight excluding hydrogens is 534 g/mol. The highest BCUT2D eigenvalue weighted by Gasteiger charge is 2.19. The molecule has 0 aliphatic heterocycles. The number of rotatable bonds is 9. The first-order valence-corrected chi connectivity index (χ1v) is 13.4. The second-order valence-corrected chi connectivity index (χ2v) is 9.97. The van der Waals surface area contributed by atoms with E-state index in [0.717, 1.165) is 39.9 Å². The van der Waals surface area contributed by atoms with Crippen LogP contribution in [0.3, 0.4) is 0 Å². The summed E-state index contributed by atoms with van der Waals surface area (Å²) in [6, 6.07) is 16.5. The van der Waals surface area contributed by atoms with Crippen molar-refractivity contribution in [2.24, 2.45) is 7.05 Å². The van der Waals surface area contributed by atoms with Gasteiger partial charge in [0.15, 0.2) is 0 Å². The molecule has 216 valence electrons. The van der Waals surface area contributed by atoms with Crippen molar-refractivity contribution in [3.63, 3.8) is 0 Å². The van der Waals surface area contributed by atoms with Crippen LogP contribution in [0.1, 0.15) is 40.9 Å². The lowest BCUT2D eigenvalue weighted by atomic mass is 9.98. The molecule has 0 fully saturated rings. The van der Waals surface area contributed by atoms with Crippen LogP contribution in [0.15, 0.2) is 79.1 Å². The number of amides is 4. The number of carbonyl (C=O) groups excluding carboxylic acids is 4. The molecular formula is C31H33N7O4. The molecule has 0 spiro atoms. The Hall–Kier alpha value is -5.32. The van der Waals surface area contributed by atoms with Crippen LogP contribution in [-0.4, -0.2) is 57.4 Å². The van der Waals surface area contributed by atoms with Crippen molar-refractivity contribution in [2.75, 3.05) is 14.1 Å². The number of nitrogens with one attached hydrogen (secondary N) is 3. The summed E-state index contributed by atoms with van der Waals surface area (Å²) in [7, 11) is 4.97. The van der Waals surface area contributed by atoms with E-state index < -0.39 is 11.8 Å². The maximum Gasteiger partial charge on any atom is 0.262 e. The first-order chi connectivity index (χ1) is 20.1. The van der Waals surface area contributed by atoms with Gasteiger partial charge in [0.1, 0.15) is 0 Å². The van der Waals surface area contributed by atoms with E-state index in [1.807, 2.05) is 50.5 Å². The third-order valence-corrected chi connectivity index (χ3v) is 6.59. The Morgan fingerprint density at radius 3 is 2.48 bits per heavy atom. The van der Waals surface area contributed by atoms with Crippen LogP contribution >= 0.6 is 0 Å². The first-order valence-electron chi connectivity index (χ1n) is 13.4. The Bertz CT molecular complexity index is 1660. The van der Waals surface area contributed by atoms with Gasteiger partial charge in [-0.05, 0) is 42.7 Å². The topological polar surface area (TPSA) is 138 Å². The summed E-state index contributed by atoms with van der Waals surface area (Å²) in [5.41, 5.74) is 9.07. The summed E-state index contributed by atoms with van der Waals surface area (Å²) >= 11 is 0. The Balaban J connectivity index is 1.43. The molecule has 0 radical (unpaired) electrons. The SMILES string of the molecule is C[C@@H](NC(=O)c1ccccc1CCC(=O)NNC(=O)/C=C/C(=O)N(C)C)c1cc(-c2cnn(C)c2)nc2ccccc12. The van der Waals surface area contributed by atoms with Crippen molar-refractivity contribution >= 4 is 34.5 Å². The molecule has 0 aliphatic rings. The summed E-state index contributed by atoms with van der Waals surface area (Å²) in [4.78, 5) is 55.3. The maximum absolute atomic E-state index is 13.4. The molecule has 3 N–H and O–H groups in total.